The summed E-state index contributed by atoms with van der Waals surface area (Å²) in [5.74, 6) is 1.25. The number of hydrazone groups is 1. The predicted molar refractivity (Wildman–Crippen MR) is 155 cm³/mol. The number of ether oxygens (including phenoxy) is 4. The second-order valence-electron chi connectivity index (χ2n) is 7.97. The maximum Gasteiger partial charge on any atom is 0.271 e. The molecule has 2 N–H and O–H groups in total. The van der Waals surface area contributed by atoms with E-state index in [1.165, 1.54) is 13.3 Å². The number of nitrogens with zero attached hydrogens (tertiary/aromatic N) is 1. The van der Waals surface area contributed by atoms with Crippen molar-refractivity contribution in [2.45, 2.75) is 20.8 Å². The largest absolute Gasteiger partial charge is 0.493 e. The molecule has 38 heavy (non-hydrogen) atoms. The van der Waals surface area contributed by atoms with Crippen molar-refractivity contribution in [3.05, 3.63) is 74.9 Å². The highest BCUT2D eigenvalue weighted by Crippen LogP contribution is 2.33. The Bertz CT molecular complexity index is 1310. The van der Waals surface area contributed by atoms with E-state index in [9.17, 15) is 9.59 Å². The maximum absolute atomic E-state index is 12.6. The first-order chi connectivity index (χ1) is 18.3. The molecule has 0 saturated carbocycles. The number of hydrogen-bond acceptors (Lipinski definition) is 7. The zero-order valence-electron chi connectivity index (χ0n) is 21.7. The van der Waals surface area contributed by atoms with Gasteiger partial charge in [0.25, 0.3) is 11.8 Å². The normalized spacial score (nSPS) is 10.7. The van der Waals surface area contributed by atoms with E-state index in [1.54, 1.807) is 30.3 Å². The Hall–Kier alpha value is -3.80. The monoisotopic (exact) mass is 631 g/mol. The minimum Gasteiger partial charge on any atom is -0.493 e. The Balaban J connectivity index is 1.64. The van der Waals surface area contributed by atoms with Crippen molar-refractivity contribution in [3.8, 4) is 23.0 Å². The van der Waals surface area contributed by atoms with Crippen molar-refractivity contribution < 1.29 is 28.5 Å². The highest BCUT2D eigenvalue weighted by atomic mass is 127. The highest BCUT2D eigenvalue weighted by Gasteiger charge is 2.14. The standard InChI is InChI=1S/C28H30IN3O6/c1-5-36-23-11-10-20(15-24(23)37-6-2)28(34)32-30-16-19-13-22(29)27(25(14-19)35-4)38-17-26(33)31-21-9-7-8-18(3)12-21/h7-16H,5-6,17H2,1-4H3,(H,31,33)(H,32,34)/b30-16+. The summed E-state index contributed by atoms with van der Waals surface area (Å²) < 4.78 is 23.0. The van der Waals surface area contributed by atoms with Crippen LogP contribution in [0, 0.1) is 10.5 Å². The van der Waals surface area contributed by atoms with Crippen molar-refractivity contribution in [1.82, 2.24) is 5.43 Å². The molecule has 2 amide bonds. The van der Waals surface area contributed by atoms with E-state index >= 15 is 0 Å². The summed E-state index contributed by atoms with van der Waals surface area (Å²) in [5, 5.41) is 6.88. The van der Waals surface area contributed by atoms with Crippen LogP contribution >= 0.6 is 22.6 Å². The van der Waals surface area contributed by atoms with Crippen LogP contribution in [0.15, 0.2) is 59.7 Å². The third-order valence-electron chi connectivity index (χ3n) is 5.09. The lowest BCUT2D eigenvalue weighted by molar-refractivity contribution is -0.118. The van der Waals surface area contributed by atoms with Gasteiger partial charge in [-0.3, -0.25) is 9.59 Å². The first-order valence-electron chi connectivity index (χ1n) is 11.9. The number of carbonyl (C=O) groups is 2. The average Bonchev–Trinajstić information content (AvgIpc) is 2.89. The molecule has 0 heterocycles. The van der Waals surface area contributed by atoms with Gasteiger partial charge in [-0.05, 0) is 97.0 Å². The van der Waals surface area contributed by atoms with Crippen molar-refractivity contribution in [2.75, 3.05) is 32.2 Å². The smallest absolute Gasteiger partial charge is 0.271 e. The summed E-state index contributed by atoms with van der Waals surface area (Å²) in [4.78, 5) is 24.9. The number of aryl methyl sites for hydroxylation is 1. The van der Waals surface area contributed by atoms with Gasteiger partial charge in [0, 0.05) is 11.3 Å². The predicted octanol–water partition coefficient (Wildman–Crippen LogP) is 5.19. The first-order valence-corrected chi connectivity index (χ1v) is 13.0. The molecule has 0 aliphatic carbocycles. The molecule has 0 unspecified atom stereocenters. The van der Waals surface area contributed by atoms with Crippen molar-refractivity contribution in [2.24, 2.45) is 5.10 Å². The summed E-state index contributed by atoms with van der Waals surface area (Å²) in [5.41, 5.74) is 5.31. The molecule has 0 radical (unpaired) electrons. The summed E-state index contributed by atoms with van der Waals surface area (Å²) in [7, 11) is 1.51. The minimum absolute atomic E-state index is 0.185. The van der Waals surface area contributed by atoms with E-state index in [2.05, 4.69) is 38.4 Å². The Morgan fingerprint density at radius 1 is 0.947 bits per heavy atom. The lowest BCUT2D eigenvalue weighted by Crippen LogP contribution is -2.20. The van der Waals surface area contributed by atoms with Gasteiger partial charge in [0.15, 0.2) is 29.6 Å². The molecule has 0 aliphatic rings. The maximum atomic E-state index is 12.6. The molecule has 0 bridgehead atoms. The summed E-state index contributed by atoms with van der Waals surface area (Å²) in [6.07, 6.45) is 1.49. The number of halogens is 1. The quantitative estimate of drug-likeness (QED) is 0.162. The SMILES string of the molecule is CCOc1ccc(C(=O)N/N=C/c2cc(I)c(OCC(=O)Nc3cccc(C)c3)c(OC)c2)cc1OCC. The number of anilines is 1. The van der Waals surface area contributed by atoms with Crippen LogP contribution in [0.4, 0.5) is 5.69 Å². The highest BCUT2D eigenvalue weighted by molar-refractivity contribution is 14.1. The van der Waals surface area contributed by atoms with Crippen molar-refractivity contribution in [1.29, 1.82) is 0 Å². The third-order valence-corrected chi connectivity index (χ3v) is 5.89. The number of amides is 2. The molecule has 9 nitrogen and oxygen atoms in total. The second-order valence-corrected chi connectivity index (χ2v) is 9.13. The molecule has 3 rings (SSSR count). The second kappa shape index (κ2) is 14.2. The van der Waals surface area contributed by atoms with Crippen LogP contribution < -0.4 is 29.7 Å². The molecule has 0 spiro atoms. The zero-order valence-corrected chi connectivity index (χ0v) is 23.8. The lowest BCUT2D eigenvalue weighted by Gasteiger charge is -2.14. The molecule has 0 saturated heterocycles. The van der Waals surface area contributed by atoms with Gasteiger partial charge in [-0.2, -0.15) is 5.10 Å². The summed E-state index contributed by atoms with van der Waals surface area (Å²) in [6, 6.07) is 16.0. The molecule has 200 valence electrons. The Morgan fingerprint density at radius 3 is 2.42 bits per heavy atom. The Morgan fingerprint density at radius 2 is 1.71 bits per heavy atom. The van der Waals surface area contributed by atoms with Gasteiger partial charge in [0.05, 0.1) is 30.1 Å². The van der Waals surface area contributed by atoms with Gasteiger partial charge in [-0.25, -0.2) is 5.43 Å². The molecule has 10 heteroatoms. The third kappa shape index (κ3) is 8.10. The van der Waals surface area contributed by atoms with Crippen molar-refractivity contribution in [3.63, 3.8) is 0 Å². The molecular weight excluding hydrogens is 601 g/mol. The lowest BCUT2D eigenvalue weighted by atomic mass is 10.2. The summed E-state index contributed by atoms with van der Waals surface area (Å²) in [6.45, 7) is 6.44. The van der Waals surface area contributed by atoms with Crippen LogP contribution in [0.3, 0.4) is 0 Å². The minimum atomic E-state index is -0.397. The van der Waals surface area contributed by atoms with Crippen LogP contribution in [0.2, 0.25) is 0 Å². The van der Waals surface area contributed by atoms with E-state index in [1.807, 2.05) is 45.0 Å². The molecule has 3 aromatic carbocycles. The Labute approximate surface area is 235 Å². The molecule has 0 atom stereocenters. The molecule has 3 aromatic rings. The fraction of sp³-hybridized carbons (Fsp3) is 0.250. The van der Waals surface area contributed by atoms with Crippen LogP contribution in [0.5, 0.6) is 23.0 Å². The van der Waals surface area contributed by atoms with Gasteiger partial charge in [0.2, 0.25) is 0 Å². The number of benzene rings is 3. The van der Waals surface area contributed by atoms with Gasteiger partial charge in [0.1, 0.15) is 0 Å². The number of hydrogen-bond donors (Lipinski definition) is 2. The molecule has 0 aromatic heterocycles. The van der Waals surface area contributed by atoms with Gasteiger partial charge >= 0.3 is 0 Å². The van der Waals surface area contributed by atoms with E-state index in [0.717, 1.165) is 5.56 Å². The van der Waals surface area contributed by atoms with Gasteiger partial charge in [-0.15, -0.1) is 0 Å². The Kier molecular flexibility index (Phi) is 10.8. The van der Waals surface area contributed by atoms with Gasteiger partial charge in [-0.1, -0.05) is 12.1 Å². The van der Waals surface area contributed by atoms with Crippen LogP contribution in [-0.4, -0.2) is 45.0 Å². The topological polar surface area (TPSA) is 107 Å². The zero-order chi connectivity index (χ0) is 27.5. The van der Waals surface area contributed by atoms with Crippen LogP contribution in [-0.2, 0) is 4.79 Å². The number of carbonyl (C=O) groups excluding carboxylic acids is 2. The van der Waals surface area contributed by atoms with E-state index < -0.39 is 5.91 Å². The van der Waals surface area contributed by atoms with Crippen LogP contribution in [0.25, 0.3) is 0 Å². The number of methoxy groups -OCH3 is 1. The number of rotatable bonds is 12. The van der Waals surface area contributed by atoms with E-state index in [-0.39, 0.29) is 12.5 Å². The molecule has 0 aliphatic heterocycles. The fourth-order valence-corrected chi connectivity index (χ4v) is 4.22. The molecular formula is C28H30IN3O6. The first kappa shape index (κ1) is 28.8. The molecule has 0 fully saturated rings. The fourth-order valence-electron chi connectivity index (χ4n) is 3.43. The summed E-state index contributed by atoms with van der Waals surface area (Å²) >= 11 is 2.09. The van der Waals surface area contributed by atoms with Gasteiger partial charge < -0.3 is 24.3 Å². The average molecular weight is 631 g/mol. The number of nitrogens with one attached hydrogen (secondary N) is 2. The van der Waals surface area contributed by atoms with E-state index in [0.29, 0.717) is 56.6 Å². The van der Waals surface area contributed by atoms with E-state index in [4.69, 9.17) is 18.9 Å². The van der Waals surface area contributed by atoms with Crippen LogP contribution in [0.1, 0.15) is 35.3 Å². The van der Waals surface area contributed by atoms with Crippen molar-refractivity contribution >= 4 is 46.3 Å².